The Morgan fingerprint density at radius 2 is 1.76 bits per heavy atom. The molecule has 6 nitrogen and oxygen atoms in total. The highest BCUT2D eigenvalue weighted by atomic mass is 79.9. The fourth-order valence-corrected chi connectivity index (χ4v) is 2.80. The molecule has 0 fully saturated rings. The van der Waals surface area contributed by atoms with Gasteiger partial charge in [-0.25, -0.2) is 4.79 Å². The Hall–Kier alpha value is -2.41. The van der Waals surface area contributed by atoms with Crippen LogP contribution in [0.15, 0.2) is 28.7 Å². The number of nitrogens with one attached hydrogen (secondary N) is 2. The summed E-state index contributed by atoms with van der Waals surface area (Å²) < 4.78 is 6.11. The molecule has 0 unspecified atom stereocenters. The first-order valence-corrected chi connectivity index (χ1v) is 8.47. The van der Waals surface area contributed by atoms with E-state index in [0.717, 1.165) is 4.47 Å². The van der Waals surface area contributed by atoms with Crippen LogP contribution in [-0.2, 0) is 9.53 Å². The molecule has 0 spiro atoms. The fraction of sp³-hybridized carbons (Fsp3) is 0.278. The molecule has 7 heteroatoms. The van der Waals surface area contributed by atoms with Crippen molar-refractivity contribution in [2.45, 2.75) is 33.8 Å². The van der Waals surface area contributed by atoms with Crippen molar-refractivity contribution in [2.75, 3.05) is 5.32 Å². The van der Waals surface area contributed by atoms with Crippen molar-refractivity contribution >= 4 is 39.3 Å². The third-order valence-electron chi connectivity index (χ3n) is 3.76. The van der Waals surface area contributed by atoms with E-state index >= 15 is 0 Å². The second-order valence-electron chi connectivity index (χ2n) is 5.72. The van der Waals surface area contributed by atoms with E-state index in [4.69, 9.17) is 4.74 Å². The van der Waals surface area contributed by atoms with Crippen LogP contribution in [0.1, 0.15) is 46.0 Å². The number of Topliss-reactive ketones (excluding diaryl/α,β-unsaturated/α-hetero) is 1. The molecule has 132 valence electrons. The minimum Gasteiger partial charge on any atom is -0.448 e. The normalized spacial score (nSPS) is 11.7. The number of carbonyl (C=O) groups excluding carboxylic acids is 3. The van der Waals surface area contributed by atoms with Crippen molar-refractivity contribution in [3.05, 3.63) is 51.3 Å². The van der Waals surface area contributed by atoms with Crippen LogP contribution in [0, 0.1) is 13.8 Å². The number of rotatable bonds is 5. The summed E-state index contributed by atoms with van der Waals surface area (Å²) in [6.45, 7) is 6.31. The van der Waals surface area contributed by atoms with E-state index in [1.807, 2.05) is 0 Å². The van der Waals surface area contributed by atoms with E-state index < -0.39 is 18.0 Å². The van der Waals surface area contributed by atoms with Crippen molar-refractivity contribution < 1.29 is 19.1 Å². The molecule has 0 aliphatic rings. The number of benzene rings is 1. The number of aryl methyl sites for hydroxylation is 1. The maximum atomic E-state index is 12.3. The van der Waals surface area contributed by atoms with Crippen molar-refractivity contribution in [3.63, 3.8) is 0 Å². The standard InChI is InChI=1S/C18H19BrN2O4/c1-9-15(11(3)22)10(2)20-16(9)18(24)25-12(4)17(23)21-14-7-5-13(19)6-8-14/h5-8,12,20H,1-4H3,(H,21,23)/t12-/m0/s1. The molecular formula is C18H19BrN2O4. The fourth-order valence-electron chi connectivity index (χ4n) is 2.53. The molecule has 0 bridgehead atoms. The molecule has 0 radical (unpaired) electrons. The Morgan fingerprint density at radius 1 is 1.16 bits per heavy atom. The third-order valence-corrected chi connectivity index (χ3v) is 4.29. The SMILES string of the molecule is CC(=O)c1c(C)[nH]c(C(=O)O[C@@H](C)C(=O)Nc2ccc(Br)cc2)c1C. The molecule has 25 heavy (non-hydrogen) atoms. The zero-order valence-corrected chi connectivity index (χ0v) is 16.0. The predicted molar refractivity (Wildman–Crippen MR) is 97.9 cm³/mol. The number of hydrogen-bond donors (Lipinski definition) is 2. The summed E-state index contributed by atoms with van der Waals surface area (Å²) in [5.74, 6) is -1.25. The number of aromatic nitrogens is 1. The van der Waals surface area contributed by atoms with Gasteiger partial charge in [-0.3, -0.25) is 9.59 Å². The molecule has 1 amide bonds. The number of esters is 1. The van der Waals surface area contributed by atoms with Gasteiger partial charge < -0.3 is 15.0 Å². The molecule has 0 saturated carbocycles. The van der Waals surface area contributed by atoms with Gasteiger partial charge in [0.1, 0.15) is 5.69 Å². The van der Waals surface area contributed by atoms with Crippen LogP contribution in [0.4, 0.5) is 5.69 Å². The first-order valence-electron chi connectivity index (χ1n) is 7.68. The highest BCUT2D eigenvalue weighted by Crippen LogP contribution is 2.20. The molecule has 2 aromatic rings. The molecule has 1 aromatic carbocycles. The highest BCUT2D eigenvalue weighted by Gasteiger charge is 2.24. The molecule has 0 aliphatic carbocycles. The number of H-pyrrole nitrogens is 1. The zero-order valence-electron chi connectivity index (χ0n) is 14.4. The summed E-state index contributed by atoms with van der Waals surface area (Å²) in [6, 6.07) is 7.05. The number of hydrogen-bond acceptors (Lipinski definition) is 4. The highest BCUT2D eigenvalue weighted by molar-refractivity contribution is 9.10. The molecule has 2 rings (SSSR count). The van der Waals surface area contributed by atoms with Gasteiger partial charge in [0.2, 0.25) is 0 Å². The van der Waals surface area contributed by atoms with E-state index in [1.54, 1.807) is 38.1 Å². The number of ketones is 1. The van der Waals surface area contributed by atoms with E-state index in [0.29, 0.717) is 22.5 Å². The molecule has 1 aromatic heterocycles. The maximum absolute atomic E-state index is 12.3. The number of amides is 1. The van der Waals surface area contributed by atoms with E-state index in [1.165, 1.54) is 13.8 Å². The second kappa shape index (κ2) is 7.65. The summed E-state index contributed by atoms with van der Waals surface area (Å²) in [5, 5.41) is 2.67. The molecular weight excluding hydrogens is 388 g/mol. The van der Waals surface area contributed by atoms with Gasteiger partial charge in [0.05, 0.1) is 0 Å². The van der Waals surface area contributed by atoms with Crippen LogP contribution in [0.2, 0.25) is 0 Å². The summed E-state index contributed by atoms with van der Waals surface area (Å²) in [6.07, 6.45) is -0.986. The summed E-state index contributed by atoms with van der Waals surface area (Å²) >= 11 is 3.31. The molecule has 1 heterocycles. The Kier molecular flexibility index (Phi) is 5.79. The maximum Gasteiger partial charge on any atom is 0.355 e. The molecule has 0 saturated heterocycles. The van der Waals surface area contributed by atoms with Crippen LogP contribution >= 0.6 is 15.9 Å². The predicted octanol–water partition coefficient (Wildman–Crippen LogP) is 3.78. The van der Waals surface area contributed by atoms with Gasteiger partial charge in [-0.2, -0.15) is 0 Å². The first-order chi connectivity index (χ1) is 11.7. The van der Waals surface area contributed by atoms with E-state index in [2.05, 4.69) is 26.2 Å². The lowest BCUT2D eigenvalue weighted by Gasteiger charge is -2.13. The number of ether oxygens (including phenoxy) is 1. The Bertz CT molecular complexity index is 824. The minimum absolute atomic E-state index is 0.133. The Labute approximate surface area is 154 Å². The van der Waals surface area contributed by atoms with Crippen LogP contribution in [0.5, 0.6) is 0 Å². The summed E-state index contributed by atoms with van der Waals surface area (Å²) in [4.78, 5) is 39.0. The Balaban J connectivity index is 2.07. The second-order valence-corrected chi connectivity index (χ2v) is 6.64. The topological polar surface area (TPSA) is 88.3 Å². The summed E-state index contributed by atoms with van der Waals surface area (Å²) in [7, 11) is 0. The number of anilines is 1. The third kappa shape index (κ3) is 4.36. The summed E-state index contributed by atoms with van der Waals surface area (Å²) in [5.41, 5.74) is 2.38. The van der Waals surface area contributed by atoms with Crippen molar-refractivity contribution in [1.82, 2.24) is 4.98 Å². The van der Waals surface area contributed by atoms with Gasteiger partial charge in [-0.1, -0.05) is 15.9 Å². The lowest BCUT2D eigenvalue weighted by molar-refractivity contribution is -0.123. The van der Waals surface area contributed by atoms with Crippen molar-refractivity contribution in [3.8, 4) is 0 Å². The van der Waals surface area contributed by atoms with Crippen molar-refractivity contribution in [2.24, 2.45) is 0 Å². The van der Waals surface area contributed by atoms with Crippen LogP contribution in [0.3, 0.4) is 0 Å². The monoisotopic (exact) mass is 406 g/mol. The zero-order chi connectivity index (χ0) is 18.7. The lowest BCUT2D eigenvalue weighted by atomic mass is 10.1. The average Bonchev–Trinajstić information content (AvgIpc) is 2.84. The van der Waals surface area contributed by atoms with Gasteiger partial charge in [0.25, 0.3) is 5.91 Å². The smallest absolute Gasteiger partial charge is 0.355 e. The number of aromatic amines is 1. The molecule has 2 N–H and O–H groups in total. The Morgan fingerprint density at radius 3 is 2.28 bits per heavy atom. The van der Waals surface area contributed by atoms with Gasteiger partial charge in [0, 0.05) is 21.4 Å². The first kappa shape index (κ1) is 18.9. The van der Waals surface area contributed by atoms with E-state index in [-0.39, 0.29) is 11.5 Å². The quantitative estimate of drug-likeness (QED) is 0.583. The average molecular weight is 407 g/mol. The molecule has 1 atom stereocenters. The van der Waals surface area contributed by atoms with Gasteiger partial charge in [-0.15, -0.1) is 0 Å². The van der Waals surface area contributed by atoms with Crippen LogP contribution in [0.25, 0.3) is 0 Å². The number of carbonyl (C=O) groups is 3. The molecule has 0 aliphatic heterocycles. The number of halogens is 1. The van der Waals surface area contributed by atoms with E-state index in [9.17, 15) is 14.4 Å². The van der Waals surface area contributed by atoms with Gasteiger partial charge in [0.15, 0.2) is 11.9 Å². The van der Waals surface area contributed by atoms with Crippen LogP contribution in [-0.4, -0.2) is 28.7 Å². The van der Waals surface area contributed by atoms with Crippen molar-refractivity contribution in [1.29, 1.82) is 0 Å². The van der Waals surface area contributed by atoms with Gasteiger partial charge >= 0.3 is 5.97 Å². The minimum atomic E-state index is -0.986. The lowest BCUT2D eigenvalue weighted by Crippen LogP contribution is -2.30. The van der Waals surface area contributed by atoms with Gasteiger partial charge in [-0.05, 0) is 57.5 Å². The van der Waals surface area contributed by atoms with Crippen LogP contribution < -0.4 is 5.32 Å². The largest absolute Gasteiger partial charge is 0.448 e.